The first kappa shape index (κ1) is 13.0. The number of nitrogens with zero attached hydrogens (tertiary/aromatic N) is 1. The van der Waals surface area contributed by atoms with Crippen LogP contribution in [0.5, 0.6) is 5.75 Å². The minimum absolute atomic E-state index is 0.280. The van der Waals surface area contributed by atoms with Gasteiger partial charge in [-0.3, -0.25) is 0 Å². The van der Waals surface area contributed by atoms with Crippen LogP contribution in [0.1, 0.15) is 15.4 Å². The fourth-order valence-electron chi connectivity index (χ4n) is 1.66. The molecule has 0 bridgehead atoms. The molecule has 0 saturated carbocycles. The standard InChI is InChI=1S/C13H15FN2OS/c1-9-16-8-11(18-9)7-15-6-10-4-3-5-12(17-2)13(10)14/h3-5,8,15H,6-7H2,1-2H3. The second kappa shape index (κ2) is 5.93. The van der Waals surface area contributed by atoms with Gasteiger partial charge in [-0.15, -0.1) is 11.3 Å². The lowest BCUT2D eigenvalue weighted by atomic mass is 10.2. The molecule has 0 amide bonds. The average Bonchev–Trinajstić information content (AvgIpc) is 2.77. The third-order valence-electron chi connectivity index (χ3n) is 2.55. The molecule has 18 heavy (non-hydrogen) atoms. The van der Waals surface area contributed by atoms with Crippen LogP contribution in [0.2, 0.25) is 0 Å². The van der Waals surface area contributed by atoms with E-state index >= 15 is 0 Å². The molecule has 0 radical (unpaired) electrons. The highest BCUT2D eigenvalue weighted by Crippen LogP contribution is 2.20. The molecule has 1 aromatic carbocycles. The molecule has 2 aromatic rings. The predicted octanol–water partition coefficient (Wildman–Crippen LogP) is 2.89. The Morgan fingerprint density at radius 1 is 1.39 bits per heavy atom. The van der Waals surface area contributed by atoms with Crippen LogP contribution in [0, 0.1) is 12.7 Å². The minimum atomic E-state index is -0.298. The Balaban J connectivity index is 1.94. The van der Waals surface area contributed by atoms with Gasteiger partial charge in [0, 0.05) is 29.7 Å². The van der Waals surface area contributed by atoms with Gasteiger partial charge in [-0.05, 0) is 13.0 Å². The Bertz CT molecular complexity index is 527. The third kappa shape index (κ3) is 3.05. The van der Waals surface area contributed by atoms with E-state index < -0.39 is 0 Å². The maximum atomic E-state index is 13.8. The highest BCUT2D eigenvalue weighted by molar-refractivity contribution is 7.11. The molecule has 0 aliphatic carbocycles. The summed E-state index contributed by atoms with van der Waals surface area (Å²) < 4.78 is 18.8. The normalized spacial score (nSPS) is 10.6. The van der Waals surface area contributed by atoms with Crippen LogP contribution in [0.25, 0.3) is 0 Å². The molecular formula is C13H15FN2OS. The lowest BCUT2D eigenvalue weighted by molar-refractivity contribution is 0.383. The van der Waals surface area contributed by atoms with Crippen molar-refractivity contribution in [3.63, 3.8) is 0 Å². The van der Waals surface area contributed by atoms with Crippen LogP contribution in [-0.4, -0.2) is 12.1 Å². The summed E-state index contributed by atoms with van der Waals surface area (Å²) in [7, 11) is 1.47. The molecule has 0 unspecified atom stereocenters. The van der Waals surface area contributed by atoms with Gasteiger partial charge in [-0.2, -0.15) is 0 Å². The van der Waals surface area contributed by atoms with E-state index in [0.717, 1.165) is 9.88 Å². The second-order valence-corrected chi connectivity index (χ2v) is 5.20. The molecule has 1 aromatic heterocycles. The summed E-state index contributed by atoms with van der Waals surface area (Å²) in [6.45, 7) is 3.14. The number of thiazole rings is 1. The Hall–Kier alpha value is -1.46. The lowest BCUT2D eigenvalue weighted by Gasteiger charge is -2.07. The van der Waals surface area contributed by atoms with E-state index in [1.807, 2.05) is 13.1 Å². The van der Waals surface area contributed by atoms with E-state index in [4.69, 9.17) is 4.74 Å². The molecule has 96 valence electrons. The number of methoxy groups -OCH3 is 1. The van der Waals surface area contributed by atoms with Crippen LogP contribution in [0.3, 0.4) is 0 Å². The fraction of sp³-hybridized carbons (Fsp3) is 0.308. The monoisotopic (exact) mass is 266 g/mol. The van der Waals surface area contributed by atoms with Crippen molar-refractivity contribution in [1.82, 2.24) is 10.3 Å². The van der Waals surface area contributed by atoms with Gasteiger partial charge in [-0.1, -0.05) is 12.1 Å². The van der Waals surface area contributed by atoms with Crippen molar-refractivity contribution >= 4 is 11.3 Å². The topological polar surface area (TPSA) is 34.1 Å². The first-order valence-corrected chi connectivity index (χ1v) is 6.45. The Labute approximate surface area is 110 Å². The summed E-state index contributed by atoms with van der Waals surface area (Å²) in [5.74, 6) is -0.0177. The Kier molecular flexibility index (Phi) is 4.28. The SMILES string of the molecule is COc1cccc(CNCc2cnc(C)s2)c1F. The molecule has 0 aliphatic rings. The van der Waals surface area contributed by atoms with E-state index in [1.54, 1.807) is 29.5 Å². The van der Waals surface area contributed by atoms with Gasteiger partial charge in [0.05, 0.1) is 12.1 Å². The number of halogens is 1. The highest BCUT2D eigenvalue weighted by atomic mass is 32.1. The van der Waals surface area contributed by atoms with Crippen molar-refractivity contribution in [3.8, 4) is 5.75 Å². The van der Waals surface area contributed by atoms with E-state index in [1.165, 1.54) is 7.11 Å². The first-order valence-electron chi connectivity index (χ1n) is 5.64. The molecule has 2 rings (SSSR count). The molecule has 3 nitrogen and oxygen atoms in total. The summed E-state index contributed by atoms with van der Waals surface area (Å²) in [6, 6.07) is 5.16. The van der Waals surface area contributed by atoms with Crippen LogP contribution < -0.4 is 10.1 Å². The summed E-state index contributed by atoms with van der Waals surface area (Å²) >= 11 is 1.64. The highest BCUT2D eigenvalue weighted by Gasteiger charge is 2.07. The van der Waals surface area contributed by atoms with Gasteiger partial charge in [0.15, 0.2) is 11.6 Å². The van der Waals surface area contributed by atoms with Gasteiger partial charge in [0.25, 0.3) is 0 Å². The van der Waals surface area contributed by atoms with Crippen molar-refractivity contribution in [3.05, 3.63) is 45.7 Å². The number of aromatic nitrogens is 1. The van der Waals surface area contributed by atoms with E-state index in [2.05, 4.69) is 10.3 Å². The predicted molar refractivity (Wildman–Crippen MR) is 70.3 cm³/mol. The minimum Gasteiger partial charge on any atom is -0.494 e. The number of rotatable bonds is 5. The van der Waals surface area contributed by atoms with Crippen LogP contribution in [-0.2, 0) is 13.1 Å². The van der Waals surface area contributed by atoms with E-state index in [-0.39, 0.29) is 11.6 Å². The smallest absolute Gasteiger partial charge is 0.169 e. The van der Waals surface area contributed by atoms with Gasteiger partial charge >= 0.3 is 0 Å². The zero-order valence-corrected chi connectivity index (χ0v) is 11.2. The van der Waals surface area contributed by atoms with Crippen molar-refractivity contribution in [2.24, 2.45) is 0 Å². The van der Waals surface area contributed by atoms with Crippen molar-refractivity contribution < 1.29 is 9.13 Å². The number of hydrogen-bond acceptors (Lipinski definition) is 4. The second-order valence-electron chi connectivity index (χ2n) is 3.88. The molecule has 1 heterocycles. The third-order valence-corrected chi connectivity index (χ3v) is 3.46. The van der Waals surface area contributed by atoms with Gasteiger partial charge in [0.2, 0.25) is 0 Å². The largest absolute Gasteiger partial charge is 0.494 e. The molecule has 0 spiro atoms. The summed E-state index contributed by atoms with van der Waals surface area (Å²) in [5.41, 5.74) is 0.607. The molecule has 0 saturated heterocycles. The quantitative estimate of drug-likeness (QED) is 0.903. The molecular weight excluding hydrogens is 251 g/mol. The van der Waals surface area contributed by atoms with Crippen LogP contribution in [0.4, 0.5) is 4.39 Å². The van der Waals surface area contributed by atoms with Crippen molar-refractivity contribution in [2.75, 3.05) is 7.11 Å². The van der Waals surface area contributed by atoms with Gasteiger partial charge < -0.3 is 10.1 Å². The average molecular weight is 266 g/mol. The zero-order valence-electron chi connectivity index (χ0n) is 10.4. The van der Waals surface area contributed by atoms with Gasteiger partial charge in [-0.25, -0.2) is 9.37 Å². The number of aryl methyl sites for hydroxylation is 1. The number of hydrogen-bond donors (Lipinski definition) is 1. The van der Waals surface area contributed by atoms with E-state index in [9.17, 15) is 4.39 Å². The van der Waals surface area contributed by atoms with Crippen LogP contribution >= 0.6 is 11.3 Å². The molecule has 0 atom stereocenters. The lowest BCUT2D eigenvalue weighted by Crippen LogP contribution is -2.13. The van der Waals surface area contributed by atoms with Crippen LogP contribution in [0.15, 0.2) is 24.4 Å². The summed E-state index contributed by atoms with van der Waals surface area (Å²) in [4.78, 5) is 5.32. The number of nitrogens with one attached hydrogen (secondary N) is 1. The molecule has 5 heteroatoms. The zero-order chi connectivity index (χ0) is 13.0. The van der Waals surface area contributed by atoms with Crippen molar-refractivity contribution in [1.29, 1.82) is 0 Å². The van der Waals surface area contributed by atoms with E-state index in [0.29, 0.717) is 18.7 Å². The summed E-state index contributed by atoms with van der Waals surface area (Å²) in [5, 5.41) is 4.24. The first-order chi connectivity index (χ1) is 8.70. The fourth-order valence-corrected chi connectivity index (χ4v) is 2.42. The molecule has 1 N–H and O–H groups in total. The maximum absolute atomic E-state index is 13.8. The Morgan fingerprint density at radius 3 is 2.89 bits per heavy atom. The Morgan fingerprint density at radius 2 is 2.22 bits per heavy atom. The van der Waals surface area contributed by atoms with Crippen molar-refractivity contribution in [2.45, 2.75) is 20.0 Å². The molecule has 0 fully saturated rings. The molecule has 0 aliphatic heterocycles. The number of benzene rings is 1. The maximum Gasteiger partial charge on any atom is 0.169 e. The number of ether oxygens (including phenoxy) is 1. The van der Waals surface area contributed by atoms with Gasteiger partial charge in [0.1, 0.15) is 0 Å². The summed E-state index contributed by atoms with van der Waals surface area (Å²) in [6.07, 6.45) is 1.84.